The Kier molecular flexibility index (Phi) is 7.58. The van der Waals surface area contributed by atoms with E-state index in [0.29, 0.717) is 27.6 Å². The lowest BCUT2D eigenvalue weighted by Crippen LogP contribution is -2.19. The maximum absolute atomic E-state index is 14.6. The highest BCUT2D eigenvalue weighted by Crippen LogP contribution is 2.37. The molecule has 1 heterocycles. The molecular weight excluding hydrogens is 562 g/mol. The molecule has 0 bridgehead atoms. The Labute approximate surface area is 235 Å². The van der Waals surface area contributed by atoms with Crippen molar-refractivity contribution in [3.8, 4) is 16.9 Å². The molecule has 0 saturated carbocycles. The molecule has 11 heteroatoms. The second-order valence-corrected chi connectivity index (χ2v) is 9.13. The Hall–Kier alpha value is -4.96. The van der Waals surface area contributed by atoms with E-state index in [1.54, 1.807) is 42.5 Å². The summed E-state index contributed by atoms with van der Waals surface area (Å²) >= 11 is 6.38. The average Bonchev–Trinajstić information content (AvgIpc) is 3.35. The Morgan fingerprint density at radius 1 is 0.927 bits per heavy atom. The van der Waals surface area contributed by atoms with Crippen molar-refractivity contribution in [2.45, 2.75) is 6.18 Å². The quantitative estimate of drug-likeness (QED) is 0.0713. The zero-order chi connectivity index (χ0) is 29.1. The van der Waals surface area contributed by atoms with E-state index in [2.05, 4.69) is 15.5 Å². The number of hydrogen-bond donors (Lipinski definition) is 2. The normalized spacial score (nSPS) is 11.6. The van der Waals surface area contributed by atoms with Gasteiger partial charge in [-0.25, -0.2) is 14.6 Å². The number of para-hydroxylation sites is 2. The van der Waals surface area contributed by atoms with Crippen molar-refractivity contribution in [3.63, 3.8) is 0 Å². The number of hydrazone groups is 1. The SMILES string of the molecule is O=C(Oc1ccccc1C=NNC(=O)c1[nH]c2c(F)cccc2c1-c1ccccc1Cl)c1cccc(C(F)(F)F)c1. The summed E-state index contributed by atoms with van der Waals surface area (Å²) in [5.74, 6) is -2.28. The number of H-pyrrole nitrogens is 1. The predicted octanol–water partition coefficient (Wildman–Crippen LogP) is 7.63. The minimum atomic E-state index is -4.62. The number of aromatic nitrogens is 1. The number of hydrogen-bond acceptors (Lipinski definition) is 4. The minimum Gasteiger partial charge on any atom is -0.422 e. The fourth-order valence-corrected chi connectivity index (χ4v) is 4.40. The van der Waals surface area contributed by atoms with Crippen LogP contribution in [0.5, 0.6) is 5.75 Å². The molecule has 0 aliphatic carbocycles. The summed E-state index contributed by atoms with van der Waals surface area (Å²) in [5, 5.41) is 4.74. The molecule has 0 fully saturated rings. The number of rotatable bonds is 6. The molecule has 0 radical (unpaired) electrons. The van der Waals surface area contributed by atoms with Gasteiger partial charge in [0.05, 0.1) is 22.9 Å². The molecule has 0 atom stereocenters. The highest BCUT2D eigenvalue weighted by molar-refractivity contribution is 6.34. The number of halogens is 5. The molecule has 0 spiro atoms. The fraction of sp³-hybridized carbons (Fsp3) is 0.0333. The van der Waals surface area contributed by atoms with Crippen molar-refractivity contribution < 1.29 is 31.9 Å². The second kappa shape index (κ2) is 11.3. The average molecular weight is 580 g/mol. The molecule has 0 unspecified atom stereocenters. The van der Waals surface area contributed by atoms with E-state index in [4.69, 9.17) is 16.3 Å². The third kappa shape index (κ3) is 5.82. The molecular formula is C30H18ClF4N3O3. The molecule has 206 valence electrons. The molecule has 5 rings (SSSR count). The van der Waals surface area contributed by atoms with Crippen molar-refractivity contribution in [1.29, 1.82) is 0 Å². The first kappa shape index (κ1) is 27.6. The summed E-state index contributed by atoms with van der Waals surface area (Å²) in [6, 6.07) is 21.2. The van der Waals surface area contributed by atoms with Crippen LogP contribution in [0.1, 0.15) is 32.0 Å². The van der Waals surface area contributed by atoms with Gasteiger partial charge in [0.2, 0.25) is 0 Å². The van der Waals surface area contributed by atoms with E-state index in [1.807, 2.05) is 0 Å². The number of nitrogens with one attached hydrogen (secondary N) is 2. The van der Waals surface area contributed by atoms with Gasteiger partial charge in [-0.15, -0.1) is 0 Å². The number of ether oxygens (including phenoxy) is 1. The second-order valence-electron chi connectivity index (χ2n) is 8.72. The number of amides is 1. The van der Waals surface area contributed by atoms with Gasteiger partial charge in [-0.05, 0) is 42.5 Å². The topological polar surface area (TPSA) is 83.5 Å². The van der Waals surface area contributed by atoms with Gasteiger partial charge in [0, 0.05) is 27.1 Å². The number of alkyl halides is 3. The molecule has 1 aromatic heterocycles. The molecule has 4 aromatic carbocycles. The van der Waals surface area contributed by atoms with Crippen LogP contribution in [-0.2, 0) is 6.18 Å². The van der Waals surface area contributed by atoms with Gasteiger partial charge in [-0.3, -0.25) is 4.79 Å². The van der Waals surface area contributed by atoms with Crippen molar-refractivity contribution in [2.75, 3.05) is 0 Å². The van der Waals surface area contributed by atoms with E-state index >= 15 is 0 Å². The fourth-order valence-electron chi connectivity index (χ4n) is 4.17. The van der Waals surface area contributed by atoms with Crippen LogP contribution in [0.15, 0.2) is 96.1 Å². The number of carbonyl (C=O) groups is 2. The van der Waals surface area contributed by atoms with Gasteiger partial charge < -0.3 is 9.72 Å². The number of esters is 1. The van der Waals surface area contributed by atoms with Crippen LogP contribution in [0.25, 0.3) is 22.0 Å². The third-order valence-electron chi connectivity index (χ3n) is 6.07. The number of nitrogens with zero attached hydrogens (tertiary/aromatic N) is 1. The maximum atomic E-state index is 14.6. The summed E-state index contributed by atoms with van der Waals surface area (Å²) in [6.07, 6.45) is -3.42. The number of aromatic amines is 1. The smallest absolute Gasteiger partial charge is 0.416 e. The lowest BCUT2D eigenvalue weighted by atomic mass is 10.0. The van der Waals surface area contributed by atoms with E-state index in [1.165, 1.54) is 36.5 Å². The molecule has 6 nitrogen and oxygen atoms in total. The Morgan fingerprint density at radius 3 is 2.44 bits per heavy atom. The Balaban J connectivity index is 1.39. The summed E-state index contributed by atoms with van der Waals surface area (Å²) in [7, 11) is 0. The monoisotopic (exact) mass is 579 g/mol. The van der Waals surface area contributed by atoms with Crippen molar-refractivity contribution in [1.82, 2.24) is 10.4 Å². The number of carbonyl (C=O) groups excluding carboxylic acids is 2. The molecule has 0 aliphatic heterocycles. The number of benzene rings is 4. The van der Waals surface area contributed by atoms with E-state index in [-0.39, 0.29) is 28.1 Å². The zero-order valence-corrected chi connectivity index (χ0v) is 21.6. The van der Waals surface area contributed by atoms with Crippen LogP contribution in [0.2, 0.25) is 5.02 Å². The standard InChI is InChI=1S/C30H18ClF4N3O3/c31-22-12-3-2-10-20(22)25-21-11-6-13-23(32)26(21)37-27(25)28(39)38-36-16-18-7-1-4-14-24(18)41-29(40)17-8-5-9-19(15-17)30(33,34)35/h1-16,37H,(H,38,39). The molecule has 2 N–H and O–H groups in total. The van der Waals surface area contributed by atoms with Gasteiger partial charge in [-0.2, -0.15) is 18.3 Å². The van der Waals surface area contributed by atoms with Gasteiger partial charge in [0.1, 0.15) is 17.3 Å². The lowest BCUT2D eigenvalue weighted by Gasteiger charge is -2.10. The van der Waals surface area contributed by atoms with Crippen LogP contribution in [0.3, 0.4) is 0 Å². The van der Waals surface area contributed by atoms with E-state index < -0.39 is 29.4 Å². The lowest BCUT2D eigenvalue weighted by molar-refractivity contribution is -0.137. The van der Waals surface area contributed by atoms with Gasteiger partial charge in [0.15, 0.2) is 0 Å². The van der Waals surface area contributed by atoms with Crippen LogP contribution < -0.4 is 10.2 Å². The highest BCUT2D eigenvalue weighted by Gasteiger charge is 2.31. The largest absolute Gasteiger partial charge is 0.422 e. The van der Waals surface area contributed by atoms with Crippen molar-refractivity contribution in [3.05, 3.63) is 124 Å². The van der Waals surface area contributed by atoms with Crippen molar-refractivity contribution in [2.24, 2.45) is 5.10 Å². The Morgan fingerprint density at radius 2 is 1.66 bits per heavy atom. The van der Waals surface area contributed by atoms with Crippen LogP contribution in [0.4, 0.5) is 17.6 Å². The van der Waals surface area contributed by atoms with E-state index in [9.17, 15) is 27.2 Å². The van der Waals surface area contributed by atoms with E-state index in [0.717, 1.165) is 12.1 Å². The summed E-state index contributed by atoms with van der Waals surface area (Å²) in [4.78, 5) is 28.6. The van der Waals surface area contributed by atoms with Gasteiger partial charge >= 0.3 is 12.1 Å². The first-order valence-corrected chi connectivity index (χ1v) is 12.4. The van der Waals surface area contributed by atoms with Crippen LogP contribution in [0, 0.1) is 5.82 Å². The van der Waals surface area contributed by atoms with Gasteiger partial charge in [-0.1, -0.05) is 60.1 Å². The predicted molar refractivity (Wildman–Crippen MR) is 147 cm³/mol. The summed E-state index contributed by atoms with van der Waals surface area (Å²) in [5.41, 5.74) is 2.35. The summed E-state index contributed by atoms with van der Waals surface area (Å²) < 4.78 is 59.0. The highest BCUT2D eigenvalue weighted by atomic mass is 35.5. The molecule has 0 saturated heterocycles. The van der Waals surface area contributed by atoms with Crippen molar-refractivity contribution >= 4 is 40.6 Å². The third-order valence-corrected chi connectivity index (χ3v) is 6.40. The summed E-state index contributed by atoms with van der Waals surface area (Å²) in [6.45, 7) is 0. The van der Waals surface area contributed by atoms with Crippen LogP contribution >= 0.6 is 11.6 Å². The first-order valence-electron chi connectivity index (χ1n) is 12.0. The molecule has 5 aromatic rings. The minimum absolute atomic E-state index is 0.00245. The van der Waals surface area contributed by atoms with Crippen LogP contribution in [-0.4, -0.2) is 23.1 Å². The molecule has 1 amide bonds. The molecule has 41 heavy (non-hydrogen) atoms. The van der Waals surface area contributed by atoms with Gasteiger partial charge in [0.25, 0.3) is 5.91 Å². The zero-order valence-electron chi connectivity index (χ0n) is 20.8. The first-order chi connectivity index (χ1) is 19.6. The Bertz CT molecular complexity index is 1810. The maximum Gasteiger partial charge on any atom is 0.416 e. The number of fused-ring (bicyclic) bond motifs is 1. The molecule has 0 aliphatic rings.